The molecule has 2 rings (SSSR count). The fraction of sp³-hybridized carbons (Fsp3) is 0.385. The van der Waals surface area contributed by atoms with Gasteiger partial charge in [0, 0.05) is 0 Å². The van der Waals surface area contributed by atoms with Gasteiger partial charge < -0.3 is 13.6 Å². The Morgan fingerprint density at radius 2 is 1.18 bits per heavy atom. The summed E-state index contributed by atoms with van der Waals surface area (Å²) in [7, 11) is -0.908. The molecule has 180 valence electrons. The molecule has 2 aromatic rings. The standard InChI is InChI=1S/C26H33F3O3Si/c1-20(2)33(21(3)4,32-19-7-9-23-12-16-25(30-5)17-13-23)31-18-6-8-22-10-14-24(15-11-22)26(27,28)29/h6-17,20-21H,18-19H2,1-5H3/b8-6+,9-7+. The summed E-state index contributed by atoms with van der Waals surface area (Å²) in [6.45, 7) is 9.22. The van der Waals surface area contributed by atoms with Crippen LogP contribution in [0.4, 0.5) is 13.2 Å². The van der Waals surface area contributed by atoms with Crippen molar-refractivity contribution in [3.05, 3.63) is 77.4 Å². The molecule has 0 N–H and O–H groups in total. The number of hydrogen-bond acceptors (Lipinski definition) is 3. The fourth-order valence-electron chi connectivity index (χ4n) is 3.60. The van der Waals surface area contributed by atoms with Crippen LogP contribution in [0.2, 0.25) is 11.1 Å². The van der Waals surface area contributed by atoms with Crippen molar-refractivity contribution in [3.63, 3.8) is 0 Å². The van der Waals surface area contributed by atoms with Gasteiger partial charge >= 0.3 is 14.7 Å². The quantitative estimate of drug-likeness (QED) is 0.309. The zero-order valence-electron chi connectivity index (χ0n) is 19.9. The van der Waals surface area contributed by atoms with Crippen molar-refractivity contribution in [3.8, 4) is 5.75 Å². The summed E-state index contributed by atoms with van der Waals surface area (Å²) < 4.78 is 56.0. The van der Waals surface area contributed by atoms with E-state index in [1.54, 1.807) is 13.2 Å². The molecule has 0 heterocycles. The maximum atomic E-state index is 12.7. The predicted molar refractivity (Wildman–Crippen MR) is 130 cm³/mol. The molecule has 0 radical (unpaired) electrons. The molecule has 0 saturated heterocycles. The van der Waals surface area contributed by atoms with Crippen LogP contribution in [-0.4, -0.2) is 28.9 Å². The van der Waals surface area contributed by atoms with Crippen LogP contribution in [0.3, 0.4) is 0 Å². The number of methoxy groups -OCH3 is 1. The topological polar surface area (TPSA) is 27.7 Å². The lowest BCUT2D eigenvalue weighted by atomic mass is 10.1. The molecule has 33 heavy (non-hydrogen) atoms. The van der Waals surface area contributed by atoms with Crippen molar-refractivity contribution in [1.82, 2.24) is 0 Å². The van der Waals surface area contributed by atoms with Crippen LogP contribution in [0.15, 0.2) is 60.7 Å². The van der Waals surface area contributed by atoms with Gasteiger partial charge in [0.15, 0.2) is 0 Å². The molecule has 0 aliphatic heterocycles. The molecule has 0 aliphatic carbocycles. The van der Waals surface area contributed by atoms with Crippen LogP contribution in [0, 0.1) is 0 Å². The summed E-state index contributed by atoms with van der Waals surface area (Å²) in [5.41, 5.74) is 1.55. The molecule has 0 atom stereocenters. The summed E-state index contributed by atoms with van der Waals surface area (Å²) in [6, 6.07) is 12.9. The molecule has 0 spiro atoms. The Labute approximate surface area is 196 Å². The highest BCUT2D eigenvalue weighted by molar-refractivity contribution is 6.70. The molecule has 0 saturated carbocycles. The molecule has 0 aromatic heterocycles. The Balaban J connectivity index is 1.98. The van der Waals surface area contributed by atoms with Crippen LogP contribution in [0.5, 0.6) is 5.75 Å². The highest BCUT2D eigenvalue weighted by Crippen LogP contribution is 2.34. The average molecular weight is 479 g/mol. The van der Waals surface area contributed by atoms with Crippen molar-refractivity contribution in [2.45, 2.75) is 45.0 Å². The number of hydrogen-bond donors (Lipinski definition) is 0. The molecule has 0 aliphatic rings. The van der Waals surface area contributed by atoms with E-state index < -0.39 is 20.3 Å². The van der Waals surface area contributed by atoms with Gasteiger partial charge in [0.25, 0.3) is 0 Å². The average Bonchev–Trinajstić information content (AvgIpc) is 2.77. The van der Waals surface area contributed by atoms with E-state index >= 15 is 0 Å². The highest BCUT2D eigenvalue weighted by atomic mass is 28.4. The molecular weight excluding hydrogens is 445 g/mol. The van der Waals surface area contributed by atoms with Crippen molar-refractivity contribution in [1.29, 1.82) is 0 Å². The molecule has 0 fully saturated rings. The van der Waals surface area contributed by atoms with Crippen molar-refractivity contribution < 1.29 is 26.8 Å². The van der Waals surface area contributed by atoms with E-state index in [2.05, 4.69) is 27.7 Å². The summed E-state index contributed by atoms with van der Waals surface area (Å²) in [6.07, 6.45) is 3.25. The molecule has 0 amide bonds. The summed E-state index contributed by atoms with van der Waals surface area (Å²) in [5.74, 6) is 0.812. The van der Waals surface area contributed by atoms with Gasteiger partial charge in [-0.15, -0.1) is 0 Å². The maximum absolute atomic E-state index is 12.7. The lowest BCUT2D eigenvalue weighted by molar-refractivity contribution is -0.137. The molecular formula is C26H33F3O3Si. The fourth-order valence-corrected chi connectivity index (χ4v) is 7.06. The Morgan fingerprint density at radius 1 is 0.758 bits per heavy atom. The Morgan fingerprint density at radius 3 is 1.55 bits per heavy atom. The minimum Gasteiger partial charge on any atom is -0.497 e. The van der Waals surface area contributed by atoms with Crippen LogP contribution < -0.4 is 4.74 Å². The first-order chi connectivity index (χ1) is 15.6. The van der Waals surface area contributed by atoms with Crippen LogP contribution in [-0.2, 0) is 15.0 Å². The lowest BCUT2D eigenvalue weighted by Gasteiger charge is -2.36. The molecule has 2 aromatic carbocycles. The summed E-state index contributed by atoms with van der Waals surface area (Å²) in [5, 5.41) is 0. The largest absolute Gasteiger partial charge is 0.497 e. The third-order valence-corrected chi connectivity index (χ3v) is 9.85. The Hall–Kier alpha value is -2.35. The van der Waals surface area contributed by atoms with Gasteiger partial charge in [0.2, 0.25) is 0 Å². The zero-order chi connectivity index (χ0) is 24.5. The van der Waals surface area contributed by atoms with Crippen LogP contribution in [0.25, 0.3) is 12.2 Å². The predicted octanol–water partition coefficient (Wildman–Crippen LogP) is 7.74. The van der Waals surface area contributed by atoms with Gasteiger partial charge in [-0.25, -0.2) is 0 Å². The van der Waals surface area contributed by atoms with E-state index in [0.29, 0.717) is 18.8 Å². The zero-order valence-corrected chi connectivity index (χ0v) is 20.9. The first kappa shape index (κ1) is 26.9. The van der Waals surface area contributed by atoms with Gasteiger partial charge in [0.05, 0.1) is 25.9 Å². The monoisotopic (exact) mass is 478 g/mol. The minimum absolute atomic E-state index is 0.228. The molecule has 7 heteroatoms. The van der Waals surface area contributed by atoms with E-state index in [0.717, 1.165) is 23.4 Å². The molecule has 0 unspecified atom stereocenters. The molecule has 3 nitrogen and oxygen atoms in total. The third-order valence-electron chi connectivity index (χ3n) is 5.39. The maximum Gasteiger partial charge on any atom is 0.416 e. The number of halogens is 3. The van der Waals surface area contributed by atoms with Gasteiger partial charge in [-0.2, -0.15) is 13.2 Å². The van der Waals surface area contributed by atoms with Gasteiger partial charge in [-0.1, -0.05) is 76.3 Å². The van der Waals surface area contributed by atoms with Crippen molar-refractivity contribution >= 4 is 20.7 Å². The van der Waals surface area contributed by atoms with Gasteiger partial charge in [0.1, 0.15) is 5.75 Å². The smallest absolute Gasteiger partial charge is 0.416 e. The highest BCUT2D eigenvalue weighted by Gasteiger charge is 2.44. The van der Waals surface area contributed by atoms with Gasteiger partial charge in [-0.3, -0.25) is 0 Å². The van der Waals surface area contributed by atoms with Crippen LogP contribution in [0.1, 0.15) is 44.4 Å². The van der Waals surface area contributed by atoms with Crippen molar-refractivity contribution in [2.24, 2.45) is 0 Å². The molecule has 0 bridgehead atoms. The number of alkyl halides is 3. The lowest BCUT2D eigenvalue weighted by Crippen LogP contribution is -2.48. The second-order valence-corrected chi connectivity index (χ2v) is 12.7. The minimum atomic E-state index is -4.33. The summed E-state index contributed by atoms with van der Waals surface area (Å²) in [4.78, 5) is 0. The summed E-state index contributed by atoms with van der Waals surface area (Å²) >= 11 is 0. The third kappa shape index (κ3) is 7.87. The van der Waals surface area contributed by atoms with E-state index in [1.165, 1.54) is 12.1 Å². The second-order valence-electron chi connectivity index (χ2n) is 8.35. The Bertz CT molecular complexity index is 894. The van der Waals surface area contributed by atoms with E-state index in [4.69, 9.17) is 13.6 Å². The Kier molecular flexibility index (Phi) is 9.95. The number of ether oxygens (including phenoxy) is 1. The second kappa shape index (κ2) is 12.2. The first-order valence-electron chi connectivity index (χ1n) is 11.0. The normalized spacial score (nSPS) is 13.0. The number of benzene rings is 2. The van der Waals surface area contributed by atoms with Crippen LogP contribution >= 0.6 is 0 Å². The van der Waals surface area contributed by atoms with Gasteiger partial charge in [-0.05, 0) is 46.5 Å². The SMILES string of the molecule is COc1ccc(/C=C/CO[Si](OC/C=C/c2ccc(C(F)(F)F)cc2)(C(C)C)C(C)C)cc1. The van der Waals surface area contributed by atoms with E-state index in [9.17, 15) is 13.2 Å². The van der Waals surface area contributed by atoms with Crippen molar-refractivity contribution in [2.75, 3.05) is 20.3 Å². The first-order valence-corrected chi connectivity index (χ1v) is 13.0. The van der Waals surface area contributed by atoms with E-state index in [1.807, 2.05) is 42.5 Å². The number of rotatable bonds is 11. The van der Waals surface area contributed by atoms with E-state index in [-0.39, 0.29) is 11.1 Å².